The number of benzene rings is 2. The maximum Gasteiger partial charge on any atom is 0.259 e. The van der Waals surface area contributed by atoms with Gasteiger partial charge in [-0.3, -0.25) is 9.36 Å². The molecule has 2 aromatic heterocycles. The number of ether oxygens (including phenoxy) is 1. The van der Waals surface area contributed by atoms with Crippen molar-refractivity contribution in [3.8, 4) is 17.2 Å². The molecule has 0 spiro atoms. The lowest BCUT2D eigenvalue weighted by Gasteiger charge is -2.39. The van der Waals surface area contributed by atoms with Crippen LogP contribution >= 0.6 is 0 Å². The fraction of sp³-hybridized carbons (Fsp3) is 0.438. The Morgan fingerprint density at radius 2 is 1.75 bits per heavy atom. The highest BCUT2D eigenvalue weighted by molar-refractivity contribution is 5.70. The molecule has 0 N–H and O–H groups in total. The molecule has 2 saturated heterocycles. The SMILES string of the molecule is CCCc1c(Cc2ccc(-c3ccccc3C#N)cc2)c(=O)n(C2CCN(C3CCOCC3)CC2)c2ncnn12. The van der Waals surface area contributed by atoms with E-state index in [0.717, 1.165) is 92.8 Å². The van der Waals surface area contributed by atoms with E-state index in [1.807, 2.05) is 45.5 Å². The molecular weight excluding hydrogens is 500 g/mol. The Morgan fingerprint density at radius 3 is 2.48 bits per heavy atom. The lowest BCUT2D eigenvalue weighted by atomic mass is 9.96. The number of rotatable bonds is 7. The average Bonchev–Trinajstić information content (AvgIpc) is 3.49. The van der Waals surface area contributed by atoms with Crippen molar-refractivity contribution in [2.75, 3.05) is 26.3 Å². The largest absolute Gasteiger partial charge is 0.381 e. The summed E-state index contributed by atoms with van der Waals surface area (Å²) in [6, 6.07) is 18.8. The van der Waals surface area contributed by atoms with E-state index in [0.29, 0.717) is 23.8 Å². The molecule has 40 heavy (non-hydrogen) atoms. The van der Waals surface area contributed by atoms with Crippen molar-refractivity contribution in [2.24, 2.45) is 0 Å². The highest BCUT2D eigenvalue weighted by Gasteiger charge is 2.30. The minimum Gasteiger partial charge on any atom is -0.381 e. The maximum atomic E-state index is 14.3. The number of hydrogen-bond acceptors (Lipinski definition) is 6. The molecule has 4 aromatic rings. The van der Waals surface area contributed by atoms with E-state index in [-0.39, 0.29) is 11.6 Å². The van der Waals surface area contributed by atoms with Crippen LogP contribution in [-0.2, 0) is 17.6 Å². The second kappa shape index (κ2) is 11.7. The third-order valence-electron chi connectivity index (χ3n) is 8.58. The molecule has 0 bridgehead atoms. The average molecular weight is 537 g/mol. The van der Waals surface area contributed by atoms with Gasteiger partial charge < -0.3 is 9.64 Å². The van der Waals surface area contributed by atoms with Crippen LogP contribution < -0.4 is 5.56 Å². The highest BCUT2D eigenvalue weighted by atomic mass is 16.5. The fourth-order valence-corrected chi connectivity index (χ4v) is 6.48. The number of fused-ring (bicyclic) bond motifs is 1. The Hall–Kier alpha value is -3.80. The van der Waals surface area contributed by atoms with Crippen LogP contribution in [0.25, 0.3) is 16.9 Å². The topological polar surface area (TPSA) is 88.5 Å². The molecule has 0 unspecified atom stereocenters. The molecule has 0 saturated carbocycles. The molecule has 0 atom stereocenters. The second-order valence-electron chi connectivity index (χ2n) is 11.0. The van der Waals surface area contributed by atoms with Crippen LogP contribution in [-0.4, -0.2) is 56.4 Å². The van der Waals surface area contributed by atoms with Gasteiger partial charge in [0.05, 0.1) is 17.3 Å². The smallest absolute Gasteiger partial charge is 0.259 e. The van der Waals surface area contributed by atoms with Gasteiger partial charge in [-0.1, -0.05) is 55.8 Å². The summed E-state index contributed by atoms with van der Waals surface area (Å²) in [5.74, 6) is 0.658. The number of hydrogen-bond donors (Lipinski definition) is 0. The third-order valence-corrected chi connectivity index (χ3v) is 8.58. The van der Waals surface area contributed by atoms with Crippen molar-refractivity contribution in [1.82, 2.24) is 24.1 Å². The van der Waals surface area contributed by atoms with Gasteiger partial charge in [-0.25, -0.2) is 4.52 Å². The van der Waals surface area contributed by atoms with Crippen molar-refractivity contribution in [2.45, 2.75) is 64.0 Å². The predicted molar refractivity (Wildman–Crippen MR) is 154 cm³/mol. The van der Waals surface area contributed by atoms with Crippen LogP contribution in [0.15, 0.2) is 59.7 Å². The molecule has 2 aromatic carbocycles. The molecule has 0 radical (unpaired) electrons. The van der Waals surface area contributed by atoms with Crippen LogP contribution in [0, 0.1) is 11.3 Å². The van der Waals surface area contributed by atoms with E-state index in [1.54, 1.807) is 6.33 Å². The first-order chi connectivity index (χ1) is 19.7. The summed E-state index contributed by atoms with van der Waals surface area (Å²) >= 11 is 0. The Morgan fingerprint density at radius 1 is 1.00 bits per heavy atom. The van der Waals surface area contributed by atoms with E-state index in [1.165, 1.54) is 0 Å². The summed E-state index contributed by atoms with van der Waals surface area (Å²) in [5, 5.41) is 14.1. The molecular formula is C32H36N6O2. The summed E-state index contributed by atoms with van der Waals surface area (Å²) in [5.41, 5.74) is 5.45. The van der Waals surface area contributed by atoms with Gasteiger partial charge in [-0.15, -0.1) is 0 Å². The highest BCUT2D eigenvalue weighted by Crippen LogP contribution is 2.28. The van der Waals surface area contributed by atoms with E-state index in [9.17, 15) is 10.1 Å². The first-order valence-corrected chi connectivity index (χ1v) is 14.5. The Kier molecular flexibility index (Phi) is 7.76. The van der Waals surface area contributed by atoms with Crippen LogP contribution in [0.3, 0.4) is 0 Å². The minimum atomic E-state index is 0.0624. The monoisotopic (exact) mass is 536 g/mol. The summed E-state index contributed by atoms with van der Waals surface area (Å²) in [6.07, 6.45) is 7.84. The molecule has 6 rings (SSSR count). The van der Waals surface area contributed by atoms with Crippen LogP contribution in [0.1, 0.15) is 67.5 Å². The van der Waals surface area contributed by atoms with Crippen molar-refractivity contribution >= 4 is 5.78 Å². The third kappa shape index (κ3) is 5.07. The second-order valence-corrected chi connectivity index (χ2v) is 11.0. The Labute approximate surface area is 234 Å². The zero-order valence-electron chi connectivity index (χ0n) is 23.1. The molecule has 8 nitrogen and oxygen atoms in total. The minimum absolute atomic E-state index is 0.0624. The molecule has 4 heterocycles. The van der Waals surface area contributed by atoms with Crippen LogP contribution in [0.5, 0.6) is 0 Å². The molecule has 0 amide bonds. The van der Waals surface area contributed by atoms with Crippen molar-refractivity contribution in [1.29, 1.82) is 5.26 Å². The fourth-order valence-electron chi connectivity index (χ4n) is 6.48. The van der Waals surface area contributed by atoms with Gasteiger partial charge in [0, 0.05) is 50.4 Å². The summed E-state index contributed by atoms with van der Waals surface area (Å²) in [4.78, 5) is 21.4. The summed E-state index contributed by atoms with van der Waals surface area (Å²) in [7, 11) is 0. The Balaban J connectivity index is 1.32. The van der Waals surface area contributed by atoms with Gasteiger partial charge in [-0.05, 0) is 54.9 Å². The van der Waals surface area contributed by atoms with Gasteiger partial charge in [0.2, 0.25) is 5.78 Å². The molecule has 0 aliphatic carbocycles. The number of aryl methyl sites for hydroxylation is 1. The zero-order chi connectivity index (χ0) is 27.5. The van der Waals surface area contributed by atoms with Gasteiger partial charge in [0.25, 0.3) is 5.56 Å². The molecule has 206 valence electrons. The van der Waals surface area contributed by atoms with E-state index < -0.39 is 0 Å². The van der Waals surface area contributed by atoms with E-state index in [4.69, 9.17) is 4.74 Å². The molecule has 2 aliphatic rings. The maximum absolute atomic E-state index is 14.3. The standard InChI is InChI=1S/C32H36N6O2/c1-2-5-30-29(20-23-8-10-24(11-9-23)28-7-4-3-6-25(28)21-33)31(39)37(32-34-22-35-38(30)32)27-12-16-36(17-13-27)26-14-18-40-19-15-26/h3-4,6-11,22,26-27H,2,5,12-20H2,1H3. The van der Waals surface area contributed by atoms with Crippen LogP contribution in [0.2, 0.25) is 0 Å². The number of nitriles is 1. The number of likely N-dealkylation sites (tertiary alicyclic amines) is 1. The molecule has 2 aliphatic heterocycles. The summed E-state index contributed by atoms with van der Waals surface area (Å²) in [6.45, 7) is 5.79. The Bertz CT molecular complexity index is 1570. The summed E-state index contributed by atoms with van der Waals surface area (Å²) < 4.78 is 9.40. The van der Waals surface area contributed by atoms with Crippen LogP contribution in [0.4, 0.5) is 0 Å². The zero-order valence-corrected chi connectivity index (χ0v) is 23.1. The van der Waals surface area contributed by atoms with Gasteiger partial charge in [-0.2, -0.15) is 15.3 Å². The lowest BCUT2D eigenvalue weighted by Crippen LogP contribution is -2.45. The molecule has 8 heteroatoms. The van der Waals surface area contributed by atoms with Gasteiger partial charge >= 0.3 is 0 Å². The first kappa shape index (κ1) is 26.4. The lowest BCUT2D eigenvalue weighted by molar-refractivity contribution is 0.0219. The van der Waals surface area contributed by atoms with Crippen molar-refractivity contribution in [3.63, 3.8) is 0 Å². The van der Waals surface area contributed by atoms with Crippen molar-refractivity contribution < 1.29 is 4.74 Å². The van der Waals surface area contributed by atoms with Gasteiger partial charge in [0.15, 0.2) is 0 Å². The van der Waals surface area contributed by atoms with Gasteiger partial charge in [0.1, 0.15) is 6.33 Å². The first-order valence-electron chi connectivity index (χ1n) is 14.5. The number of nitrogens with zero attached hydrogens (tertiary/aromatic N) is 6. The molecule has 2 fully saturated rings. The van der Waals surface area contributed by atoms with E-state index in [2.05, 4.69) is 40.1 Å². The predicted octanol–water partition coefficient (Wildman–Crippen LogP) is 4.79. The van der Waals surface area contributed by atoms with Crippen molar-refractivity contribution in [3.05, 3.63) is 87.6 Å². The van der Waals surface area contributed by atoms with E-state index >= 15 is 0 Å². The normalized spacial score (nSPS) is 17.3. The number of piperidine rings is 1. The number of aromatic nitrogens is 4. The quantitative estimate of drug-likeness (QED) is 0.338.